The Labute approximate surface area is 78.4 Å². The summed E-state index contributed by atoms with van der Waals surface area (Å²) in [7, 11) is 1.85. The van der Waals surface area contributed by atoms with Crippen LogP contribution in [0.4, 0.5) is 0 Å². The Morgan fingerprint density at radius 1 is 1.69 bits per heavy atom. The van der Waals surface area contributed by atoms with Crippen molar-refractivity contribution < 1.29 is 5.11 Å². The second kappa shape index (κ2) is 3.47. The van der Waals surface area contributed by atoms with Crippen molar-refractivity contribution in [1.82, 2.24) is 9.78 Å². The summed E-state index contributed by atoms with van der Waals surface area (Å²) in [6, 6.07) is 1.65. The monoisotopic (exact) mass is 183 g/mol. The standard InChI is InChI=1S/C9H17N3O/c1-9(2,6-13)8(10)7-4-5-12(3)11-7/h4-5,8,13H,6,10H2,1-3H3. The first-order valence-electron chi connectivity index (χ1n) is 4.33. The topological polar surface area (TPSA) is 64.1 Å². The third-order valence-electron chi connectivity index (χ3n) is 2.30. The molecule has 4 nitrogen and oxygen atoms in total. The molecule has 1 unspecified atom stereocenters. The lowest BCUT2D eigenvalue weighted by molar-refractivity contribution is 0.130. The number of aliphatic hydroxyl groups excluding tert-OH is 1. The summed E-state index contributed by atoms with van der Waals surface area (Å²) >= 11 is 0. The summed E-state index contributed by atoms with van der Waals surface area (Å²) in [5.41, 5.74) is 6.46. The van der Waals surface area contributed by atoms with Crippen molar-refractivity contribution in [2.75, 3.05) is 6.61 Å². The molecule has 13 heavy (non-hydrogen) atoms. The van der Waals surface area contributed by atoms with Gasteiger partial charge in [0, 0.05) is 18.7 Å². The molecule has 1 aromatic heterocycles. The molecule has 0 spiro atoms. The van der Waals surface area contributed by atoms with Crippen LogP contribution in [0.2, 0.25) is 0 Å². The van der Waals surface area contributed by atoms with Crippen LogP contribution in [0.1, 0.15) is 25.6 Å². The molecule has 4 heteroatoms. The highest BCUT2D eigenvalue weighted by molar-refractivity contribution is 5.08. The summed E-state index contributed by atoms with van der Waals surface area (Å²) in [5.74, 6) is 0. The van der Waals surface area contributed by atoms with Gasteiger partial charge in [-0.1, -0.05) is 13.8 Å². The lowest BCUT2D eigenvalue weighted by atomic mass is 9.84. The van der Waals surface area contributed by atoms with E-state index in [4.69, 9.17) is 10.8 Å². The largest absolute Gasteiger partial charge is 0.396 e. The number of aromatic nitrogens is 2. The number of aryl methyl sites for hydroxylation is 1. The highest BCUT2D eigenvalue weighted by atomic mass is 16.3. The summed E-state index contributed by atoms with van der Waals surface area (Å²) in [5, 5.41) is 13.3. The minimum atomic E-state index is -0.325. The quantitative estimate of drug-likeness (QED) is 0.714. The molecule has 0 saturated heterocycles. The number of hydrogen-bond acceptors (Lipinski definition) is 3. The third kappa shape index (κ3) is 2.08. The maximum Gasteiger partial charge on any atom is 0.0798 e. The van der Waals surface area contributed by atoms with Crippen molar-refractivity contribution in [2.24, 2.45) is 18.2 Å². The van der Waals surface area contributed by atoms with Crippen LogP contribution < -0.4 is 5.73 Å². The normalized spacial score (nSPS) is 14.5. The Morgan fingerprint density at radius 3 is 2.69 bits per heavy atom. The highest BCUT2D eigenvalue weighted by Gasteiger charge is 2.28. The predicted octanol–water partition coefficient (Wildman–Crippen LogP) is 0.438. The van der Waals surface area contributed by atoms with E-state index in [0.29, 0.717) is 0 Å². The van der Waals surface area contributed by atoms with Crippen molar-refractivity contribution in [2.45, 2.75) is 19.9 Å². The molecule has 3 N–H and O–H groups in total. The van der Waals surface area contributed by atoms with Crippen LogP contribution in [0.5, 0.6) is 0 Å². The van der Waals surface area contributed by atoms with Crippen molar-refractivity contribution in [1.29, 1.82) is 0 Å². The van der Waals surface area contributed by atoms with Crippen molar-refractivity contribution in [3.8, 4) is 0 Å². The Hall–Kier alpha value is -0.870. The molecule has 0 fully saturated rings. The number of nitrogens with zero attached hydrogens (tertiary/aromatic N) is 2. The van der Waals surface area contributed by atoms with Gasteiger partial charge in [0.25, 0.3) is 0 Å². The molecule has 0 saturated carbocycles. The lowest BCUT2D eigenvalue weighted by Crippen LogP contribution is -2.32. The summed E-state index contributed by atoms with van der Waals surface area (Å²) in [4.78, 5) is 0. The van der Waals surface area contributed by atoms with Crippen molar-refractivity contribution in [3.63, 3.8) is 0 Å². The van der Waals surface area contributed by atoms with Gasteiger partial charge in [-0.15, -0.1) is 0 Å². The zero-order valence-electron chi connectivity index (χ0n) is 8.36. The van der Waals surface area contributed by atoms with Crippen LogP contribution in [-0.2, 0) is 7.05 Å². The number of nitrogens with two attached hydrogens (primary N) is 1. The van der Waals surface area contributed by atoms with Gasteiger partial charge in [0.2, 0.25) is 0 Å². The van der Waals surface area contributed by atoms with Crippen LogP contribution in [0, 0.1) is 5.41 Å². The van der Waals surface area contributed by atoms with Gasteiger partial charge in [-0.05, 0) is 6.07 Å². The van der Waals surface area contributed by atoms with E-state index in [-0.39, 0.29) is 18.1 Å². The van der Waals surface area contributed by atoms with Crippen LogP contribution in [-0.4, -0.2) is 21.5 Å². The van der Waals surface area contributed by atoms with Gasteiger partial charge in [0.1, 0.15) is 0 Å². The molecule has 1 heterocycles. The molecule has 1 aromatic rings. The molecule has 0 bridgehead atoms. The third-order valence-corrected chi connectivity index (χ3v) is 2.30. The van der Waals surface area contributed by atoms with Gasteiger partial charge < -0.3 is 10.8 Å². The van der Waals surface area contributed by atoms with Crippen LogP contribution in [0.3, 0.4) is 0 Å². The Kier molecular flexibility index (Phi) is 2.73. The van der Waals surface area contributed by atoms with E-state index in [2.05, 4.69) is 5.10 Å². The molecule has 0 aromatic carbocycles. The smallest absolute Gasteiger partial charge is 0.0798 e. The molecule has 0 radical (unpaired) electrons. The second-order valence-electron chi connectivity index (χ2n) is 4.04. The van der Waals surface area contributed by atoms with Crippen LogP contribution in [0.25, 0.3) is 0 Å². The molecule has 74 valence electrons. The number of rotatable bonds is 3. The Balaban J connectivity index is 2.84. The average molecular weight is 183 g/mol. The first-order valence-corrected chi connectivity index (χ1v) is 4.33. The first-order chi connectivity index (χ1) is 5.97. The van der Waals surface area contributed by atoms with Gasteiger partial charge >= 0.3 is 0 Å². The van der Waals surface area contributed by atoms with E-state index in [9.17, 15) is 0 Å². The highest BCUT2D eigenvalue weighted by Crippen LogP contribution is 2.29. The minimum absolute atomic E-state index is 0.0603. The minimum Gasteiger partial charge on any atom is -0.396 e. The summed E-state index contributed by atoms with van der Waals surface area (Å²) in [6.07, 6.45) is 1.85. The van der Waals surface area contributed by atoms with Gasteiger partial charge in [-0.2, -0.15) is 5.10 Å². The van der Waals surface area contributed by atoms with E-state index in [1.807, 2.05) is 33.2 Å². The molecule has 1 rings (SSSR count). The van der Waals surface area contributed by atoms with E-state index in [0.717, 1.165) is 5.69 Å². The predicted molar refractivity (Wildman–Crippen MR) is 51.0 cm³/mol. The molecular weight excluding hydrogens is 166 g/mol. The molecule has 0 amide bonds. The zero-order valence-corrected chi connectivity index (χ0v) is 8.36. The Morgan fingerprint density at radius 2 is 2.31 bits per heavy atom. The number of hydrogen-bond donors (Lipinski definition) is 2. The average Bonchev–Trinajstić information content (AvgIpc) is 2.50. The van der Waals surface area contributed by atoms with Gasteiger partial charge in [0.05, 0.1) is 18.3 Å². The van der Waals surface area contributed by atoms with Crippen LogP contribution >= 0.6 is 0 Å². The summed E-state index contributed by atoms with van der Waals surface area (Å²) < 4.78 is 1.71. The van der Waals surface area contributed by atoms with E-state index < -0.39 is 0 Å². The van der Waals surface area contributed by atoms with E-state index in [1.165, 1.54) is 0 Å². The Bertz CT molecular complexity index is 280. The fourth-order valence-electron chi connectivity index (χ4n) is 1.10. The van der Waals surface area contributed by atoms with Gasteiger partial charge in [-0.25, -0.2) is 0 Å². The number of aliphatic hydroxyl groups is 1. The van der Waals surface area contributed by atoms with Crippen molar-refractivity contribution >= 4 is 0 Å². The molecule has 1 atom stereocenters. The second-order valence-corrected chi connectivity index (χ2v) is 4.04. The molecule has 0 aliphatic carbocycles. The van der Waals surface area contributed by atoms with Gasteiger partial charge in [-0.3, -0.25) is 4.68 Å². The first kappa shape index (κ1) is 10.2. The molecule has 0 aliphatic rings. The maximum absolute atomic E-state index is 9.12. The fourth-order valence-corrected chi connectivity index (χ4v) is 1.10. The zero-order chi connectivity index (χ0) is 10.1. The van der Waals surface area contributed by atoms with E-state index >= 15 is 0 Å². The molecular formula is C9H17N3O. The summed E-state index contributed by atoms with van der Waals surface area (Å²) in [6.45, 7) is 3.91. The van der Waals surface area contributed by atoms with Crippen LogP contribution in [0.15, 0.2) is 12.3 Å². The van der Waals surface area contributed by atoms with E-state index in [1.54, 1.807) is 4.68 Å². The van der Waals surface area contributed by atoms with Crippen molar-refractivity contribution in [3.05, 3.63) is 18.0 Å². The van der Waals surface area contributed by atoms with Gasteiger partial charge in [0.15, 0.2) is 0 Å². The SMILES string of the molecule is Cn1ccc(C(N)C(C)(C)CO)n1. The molecule has 0 aliphatic heterocycles. The lowest BCUT2D eigenvalue weighted by Gasteiger charge is -2.27. The fraction of sp³-hybridized carbons (Fsp3) is 0.667. The maximum atomic E-state index is 9.12.